The SMILES string of the molecule is Cc1cnc([C@H]2CN(Cc3cn[nH]c3-c3cccs3)CCO2)cn1. The maximum Gasteiger partial charge on any atom is 0.114 e. The molecule has 1 saturated heterocycles. The van der Waals surface area contributed by atoms with E-state index < -0.39 is 0 Å². The van der Waals surface area contributed by atoms with Crippen LogP contribution in [0.4, 0.5) is 0 Å². The Morgan fingerprint density at radius 3 is 3.08 bits per heavy atom. The Morgan fingerprint density at radius 1 is 1.33 bits per heavy atom. The number of hydrogen-bond donors (Lipinski definition) is 1. The van der Waals surface area contributed by atoms with Gasteiger partial charge in [0.1, 0.15) is 6.10 Å². The van der Waals surface area contributed by atoms with Crippen molar-refractivity contribution in [2.75, 3.05) is 19.7 Å². The highest BCUT2D eigenvalue weighted by Crippen LogP contribution is 2.28. The van der Waals surface area contributed by atoms with Crippen LogP contribution in [0.5, 0.6) is 0 Å². The van der Waals surface area contributed by atoms with E-state index in [4.69, 9.17) is 4.74 Å². The molecule has 1 fully saturated rings. The van der Waals surface area contributed by atoms with E-state index in [-0.39, 0.29) is 6.10 Å². The summed E-state index contributed by atoms with van der Waals surface area (Å²) in [6.07, 6.45) is 5.51. The summed E-state index contributed by atoms with van der Waals surface area (Å²) in [5.74, 6) is 0. The predicted molar refractivity (Wildman–Crippen MR) is 92.6 cm³/mol. The highest BCUT2D eigenvalue weighted by Gasteiger charge is 2.24. The van der Waals surface area contributed by atoms with E-state index in [1.54, 1.807) is 17.5 Å². The topological polar surface area (TPSA) is 66.9 Å². The third-order valence-corrected chi connectivity index (χ3v) is 5.05. The maximum atomic E-state index is 5.89. The van der Waals surface area contributed by atoms with Crippen LogP contribution in [-0.4, -0.2) is 44.8 Å². The molecule has 1 N–H and O–H groups in total. The van der Waals surface area contributed by atoms with Crippen molar-refractivity contribution in [2.45, 2.75) is 19.6 Å². The molecule has 1 aliphatic rings. The lowest BCUT2D eigenvalue weighted by Crippen LogP contribution is -2.38. The molecule has 1 aliphatic heterocycles. The molecule has 3 aromatic rings. The van der Waals surface area contributed by atoms with E-state index in [1.807, 2.05) is 19.3 Å². The zero-order valence-electron chi connectivity index (χ0n) is 13.5. The summed E-state index contributed by atoms with van der Waals surface area (Å²) >= 11 is 1.72. The number of H-pyrrole nitrogens is 1. The summed E-state index contributed by atoms with van der Waals surface area (Å²) in [6, 6.07) is 4.18. The summed E-state index contributed by atoms with van der Waals surface area (Å²) in [7, 11) is 0. The number of rotatable bonds is 4. The molecule has 0 spiro atoms. The number of aromatic nitrogens is 4. The van der Waals surface area contributed by atoms with Gasteiger partial charge in [0.2, 0.25) is 0 Å². The van der Waals surface area contributed by atoms with Gasteiger partial charge in [0, 0.05) is 31.4 Å². The number of nitrogens with zero attached hydrogens (tertiary/aromatic N) is 4. The fourth-order valence-electron chi connectivity index (χ4n) is 2.90. The molecule has 0 unspecified atom stereocenters. The van der Waals surface area contributed by atoms with Gasteiger partial charge in [0.05, 0.1) is 41.0 Å². The van der Waals surface area contributed by atoms with E-state index in [0.29, 0.717) is 6.61 Å². The molecule has 24 heavy (non-hydrogen) atoms. The minimum atomic E-state index is -0.0241. The molecular weight excluding hydrogens is 322 g/mol. The number of aromatic amines is 1. The Bertz CT molecular complexity index is 784. The summed E-state index contributed by atoms with van der Waals surface area (Å²) in [4.78, 5) is 12.4. The molecule has 3 aromatic heterocycles. The average Bonchev–Trinajstić information content (AvgIpc) is 3.27. The number of thiophene rings is 1. The van der Waals surface area contributed by atoms with Gasteiger partial charge in [0.25, 0.3) is 0 Å². The van der Waals surface area contributed by atoms with Gasteiger partial charge < -0.3 is 4.74 Å². The van der Waals surface area contributed by atoms with Crippen molar-refractivity contribution in [3.8, 4) is 10.6 Å². The molecule has 0 aliphatic carbocycles. The lowest BCUT2D eigenvalue weighted by Gasteiger charge is -2.32. The Balaban J connectivity index is 1.48. The molecule has 7 heteroatoms. The van der Waals surface area contributed by atoms with Crippen LogP contribution in [0.25, 0.3) is 10.6 Å². The third kappa shape index (κ3) is 3.24. The van der Waals surface area contributed by atoms with Gasteiger partial charge in [-0.25, -0.2) is 0 Å². The first-order valence-corrected chi connectivity index (χ1v) is 8.86. The van der Waals surface area contributed by atoms with E-state index in [9.17, 15) is 0 Å². The van der Waals surface area contributed by atoms with Gasteiger partial charge >= 0.3 is 0 Å². The Kier molecular flexibility index (Phi) is 4.38. The number of ether oxygens (including phenoxy) is 1. The van der Waals surface area contributed by atoms with Gasteiger partial charge in [0.15, 0.2) is 0 Å². The minimum absolute atomic E-state index is 0.0241. The highest BCUT2D eigenvalue weighted by molar-refractivity contribution is 7.13. The van der Waals surface area contributed by atoms with Crippen molar-refractivity contribution in [1.82, 2.24) is 25.1 Å². The molecule has 4 heterocycles. The second kappa shape index (κ2) is 6.80. The van der Waals surface area contributed by atoms with Crippen LogP contribution in [-0.2, 0) is 11.3 Å². The molecule has 0 aromatic carbocycles. The van der Waals surface area contributed by atoms with Crippen LogP contribution >= 0.6 is 11.3 Å². The first kappa shape index (κ1) is 15.4. The zero-order chi connectivity index (χ0) is 16.4. The Hall–Kier alpha value is -2.09. The van der Waals surface area contributed by atoms with Crippen LogP contribution in [0.2, 0.25) is 0 Å². The van der Waals surface area contributed by atoms with Crippen molar-refractivity contribution in [2.24, 2.45) is 0 Å². The van der Waals surface area contributed by atoms with E-state index in [2.05, 4.69) is 42.6 Å². The van der Waals surface area contributed by atoms with Gasteiger partial charge in [-0.05, 0) is 18.4 Å². The van der Waals surface area contributed by atoms with Crippen molar-refractivity contribution >= 4 is 11.3 Å². The number of nitrogens with one attached hydrogen (secondary N) is 1. The Labute approximate surface area is 144 Å². The summed E-state index contributed by atoms with van der Waals surface area (Å²) in [5, 5.41) is 9.44. The highest BCUT2D eigenvalue weighted by atomic mass is 32.1. The molecule has 6 nitrogen and oxygen atoms in total. The van der Waals surface area contributed by atoms with Crippen LogP contribution in [0.15, 0.2) is 36.1 Å². The van der Waals surface area contributed by atoms with E-state index in [1.165, 1.54) is 10.4 Å². The summed E-state index contributed by atoms with van der Waals surface area (Å²) < 4.78 is 5.89. The monoisotopic (exact) mass is 341 g/mol. The second-order valence-corrected chi connectivity index (χ2v) is 6.87. The molecule has 0 radical (unpaired) electrons. The predicted octanol–water partition coefficient (Wildman–Crippen LogP) is 2.81. The van der Waals surface area contributed by atoms with Crippen molar-refractivity contribution in [1.29, 1.82) is 0 Å². The van der Waals surface area contributed by atoms with Crippen molar-refractivity contribution < 1.29 is 4.74 Å². The molecule has 0 saturated carbocycles. The van der Waals surface area contributed by atoms with Crippen LogP contribution < -0.4 is 0 Å². The van der Waals surface area contributed by atoms with E-state index >= 15 is 0 Å². The van der Waals surface area contributed by atoms with Crippen LogP contribution in [0.3, 0.4) is 0 Å². The smallest absolute Gasteiger partial charge is 0.114 e. The summed E-state index contributed by atoms with van der Waals surface area (Å²) in [6.45, 7) is 5.21. The van der Waals surface area contributed by atoms with Gasteiger partial charge in [-0.3, -0.25) is 20.0 Å². The summed E-state index contributed by atoms with van der Waals surface area (Å²) in [5.41, 5.74) is 4.15. The zero-order valence-corrected chi connectivity index (χ0v) is 14.3. The third-order valence-electron chi connectivity index (χ3n) is 4.16. The maximum absolute atomic E-state index is 5.89. The molecule has 4 rings (SSSR count). The van der Waals surface area contributed by atoms with Crippen LogP contribution in [0, 0.1) is 6.92 Å². The van der Waals surface area contributed by atoms with Crippen molar-refractivity contribution in [3.63, 3.8) is 0 Å². The van der Waals surface area contributed by atoms with Crippen molar-refractivity contribution in [3.05, 3.63) is 53.1 Å². The lowest BCUT2D eigenvalue weighted by atomic mass is 10.1. The lowest BCUT2D eigenvalue weighted by molar-refractivity contribution is -0.0351. The molecule has 1 atom stereocenters. The largest absolute Gasteiger partial charge is 0.369 e. The standard InChI is InChI=1S/C17H19N5OS/c1-12-7-19-14(9-18-12)15-11-22(4-5-23-15)10-13-8-20-21-17(13)16-3-2-6-24-16/h2-3,6-9,15H,4-5,10-11H2,1H3,(H,20,21)/t15-/m1/s1. The second-order valence-electron chi connectivity index (χ2n) is 5.92. The molecule has 0 bridgehead atoms. The number of aryl methyl sites for hydroxylation is 1. The minimum Gasteiger partial charge on any atom is -0.369 e. The molecule has 0 amide bonds. The quantitative estimate of drug-likeness (QED) is 0.790. The fraction of sp³-hybridized carbons (Fsp3) is 0.353. The molecular formula is C17H19N5OS. The van der Waals surface area contributed by atoms with Crippen LogP contribution in [0.1, 0.15) is 23.1 Å². The van der Waals surface area contributed by atoms with E-state index in [0.717, 1.165) is 36.7 Å². The first-order chi connectivity index (χ1) is 11.8. The fourth-order valence-corrected chi connectivity index (χ4v) is 3.66. The number of morpholine rings is 1. The van der Waals surface area contributed by atoms with Gasteiger partial charge in [-0.15, -0.1) is 11.3 Å². The average molecular weight is 341 g/mol. The molecule has 124 valence electrons. The van der Waals surface area contributed by atoms with Gasteiger partial charge in [-0.2, -0.15) is 5.10 Å². The normalized spacial score (nSPS) is 18.8. The number of hydrogen-bond acceptors (Lipinski definition) is 6. The first-order valence-electron chi connectivity index (χ1n) is 7.98. The van der Waals surface area contributed by atoms with Gasteiger partial charge in [-0.1, -0.05) is 6.07 Å². The Morgan fingerprint density at radius 2 is 2.29 bits per heavy atom.